The molecule has 0 saturated carbocycles. The fourth-order valence-electron chi connectivity index (χ4n) is 2.87. The lowest BCUT2D eigenvalue weighted by atomic mass is 9.76. The van der Waals surface area contributed by atoms with Crippen molar-refractivity contribution < 1.29 is 14.3 Å². The third-order valence-electron chi connectivity index (χ3n) is 3.35. The van der Waals surface area contributed by atoms with E-state index in [1.807, 2.05) is 6.92 Å². The Hall–Kier alpha value is -1.32. The summed E-state index contributed by atoms with van der Waals surface area (Å²) in [5.41, 5.74) is 1.17. The Labute approximate surface area is 115 Å². The smallest absolute Gasteiger partial charge is 0.303 e. The summed E-state index contributed by atoms with van der Waals surface area (Å²) in [6.45, 7) is 10.3. The normalized spacial score (nSPS) is 21.5. The van der Waals surface area contributed by atoms with Crippen LogP contribution >= 0.6 is 0 Å². The van der Waals surface area contributed by atoms with Crippen LogP contribution in [-0.4, -0.2) is 29.9 Å². The first-order valence-corrected chi connectivity index (χ1v) is 6.90. The second-order valence-corrected chi connectivity index (χ2v) is 6.06. The summed E-state index contributed by atoms with van der Waals surface area (Å²) in [7, 11) is 0. The molecule has 0 saturated heterocycles. The van der Waals surface area contributed by atoms with Crippen LogP contribution in [0.4, 0.5) is 0 Å². The van der Waals surface area contributed by atoms with Crippen molar-refractivity contribution >= 4 is 11.9 Å². The molecule has 0 fully saturated rings. The van der Waals surface area contributed by atoms with Gasteiger partial charge in [0, 0.05) is 19.2 Å². The number of carbonyl (C=O) groups excluding carboxylic acids is 2. The van der Waals surface area contributed by atoms with Crippen LogP contribution in [-0.2, 0) is 14.3 Å². The fourth-order valence-corrected chi connectivity index (χ4v) is 2.87. The molecule has 0 aromatic rings. The minimum absolute atomic E-state index is 0.113. The molecular weight excluding hydrogens is 242 g/mol. The van der Waals surface area contributed by atoms with Gasteiger partial charge in [0.2, 0.25) is 0 Å². The molecule has 0 heterocycles. The Morgan fingerprint density at radius 1 is 1.47 bits per heavy atom. The average Bonchev–Trinajstić information content (AvgIpc) is 2.24. The topological polar surface area (TPSA) is 46.6 Å². The van der Waals surface area contributed by atoms with Gasteiger partial charge >= 0.3 is 5.97 Å². The van der Waals surface area contributed by atoms with E-state index < -0.39 is 5.97 Å². The predicted octanol–water partition coefficient (Wildman–Crippen LogP) is 2.74. The van der Waals surface area contributed by atoms with E-state index in [0.29, 0.717) is 12.5 Å². The fraction of sp³-hybridized carbons (Fsp3) is 0.733. The van der Waals surface area contributed by atoms with E-state index in [9.17, 15) is 9.59 Å². The number of likely N-dealkylation sites (N-methyl/N-ethyl adjacent to an activating group) is 1. The Bertz CT molecular complexity index is 385. The van der Waals surface area contributed by atoms with Gasteiger partial charge in [-0.1, -0.05) is 26.8 Å². The standard InChI is InChI=1S/C15H25NO3/c1-6-16(14(18)10-19-12(3)17)13-7-11(2)8-15(4,5)9-13/h9,11H,6-8,10H2,1-5H3. The third kappa shape index (κ3) is 4.69. The monoisotopic (exact) mass is 267 g/mol. The molecule has 1 unspecified atom stereocenters. The van der Waals surface area contributed by atoms with Gasteiger partial charge in [0.05, 0.1) is 0 Å². The molecule has 0 radical (unpaired) electrons. The molecule has 4 nitrogen and oxygen atoms in total. The second-order valence-electron chi connectivity index (χ2n) is 6.06. The maximum atomic E-state index is 12.1. The van der Waals surface area contributed by atoms with Gasteiger partial charge < -0.3 is 9.64 Å². The number of hydrogen-bond donors (Lipinski definition) is 0. The number of amides is 1. The lowest BCUT2D eigenvalue weighted by molar-refractivity contribution is -0.149. The van der Waals surface area contributed by atoms with Crippen molar-refractivity contribution in [1.82, 2.24) is 4.90 Å². The van der Waals surface area contributed by atoms with Gasteiger partial charge in [-0.2, -0.15) is 0 Å². The Morgan fingerprint density at radius 3 is 2.58 bits per heavy atom. The van der Waals surface area contributed by atoms with Crippen LogP contribution in [0.3, 0.4) is 0 Å². The van der Waals surface area contributed by atoms with Gasteiger partial charge in [-0.15, -0.1) is 0 Å². The molecule has 1 rings (SSSR count). The number of nitrogens with zero attached hydrogens (tertiary/aromatic N) is 1. The summed E-state index contributed by atoms with van der Waals surface area (Å²) in [6.07, 6.45) is 4.22. The highest BCUT2D eigenvalue weighted by Gasteiger charge is 2.29. The van der Waals surface area contributed by atoms with Crippen LogP contribution in [0.25, 0.3) is 0 Å². The van der Waals surface area contributed by atoms with Crippen LogP contribution in [0.5, 0.6) is 0 Å². The molecule has 4 heteroatoms. The lowest BCUT2D eigenvalue weighted by Crippen LogP contribution is -2.37. The van der Waals surface area contributed by atoms with E-state index >= 15 is 0 Å². The van der Waals surface area contributed by atoms with E-state index in [1.165, 1.54) is 6.92 Å². The third-order valence-corrected chi connectivity index (χ3v) is 3.35. The SMILES string of the molecule is CCN(C(=O)COC(C)=O)C1=CC(C)(C)CC(C)C1. The first-order chi connectivity index (χ1) is 8.75. The van der Waals surface area contributed by atoms with Crippen LogP contribution in [0.1, 0.15) is 47.5 Å². The average molecular weight is 267 g/mol. The molecule has 1 aliphatic rings. The highest BCUT2D eigenvalue weighted by Crippen LogP contribution is 2.37. The van der Waals surface area contributed by atoms with Gasteiger partial charge in [0.1, 0.15) is 0 Å². The molecule has 0 aliphatic heterocycles. The van der Waals surface area contributed by atoms with Crippen LogP contribution < -0.4 is 0 Å². The Kier molecular flexibility index (Phi) is 5.15. The molecule has 108 valence electrons. The zero-order valence-corrected chi connectivity index (χ0v) is 12.7. The van der Waals surface area contributed by atoms with Gasteiger partial charge in [0.25, 0.3) is 5.91 Å². The number of allylic oxidation sites excluding steroid dienone is 2. The molecule has 1 amide bonds. The van der Waals surface area contributed by atoms with Crippen molar-refractivity contribution in [3.8, 4) is 0 Å². The molecule has 0 aromatic carbocycles. The molecule has 0 spiro atoms. The summed E-state index contributed by atoms with van der Waals surface area (Å²) in [4.78, 5) is 24.6. The summed E-state index contributed by atoms with van der Waals surface area (Å²) in [6, 6.07) is 0. The minimum atomic E-state index is -0.421. The Balaban J connectivity index is 2.81. The van der Waals surface area contributed by atoms with Crippen molar-refractivity contribution in [3.05, 3.63) is 11.8 Å². The highest BCUT2D eigenvalue weighted by atomic mass is 16.5. The molecule has 0 N–H and O–H groups in total. The van der Waals surface area contributed by atoms with E-state index in [-0.39, 0.29) is 17.9 Å². The number of hydrogen-bond acceptors (Lipinski definition) is 3. The minimum Gasteiger partial charge on any atom is -0.456 e. The maximum Gasteiger partial charge on any atom is 0.303 e. The number of carbonyl (C=O) groups is 2. The van der Waals surface area contributed by atoms with Crippen molar-refractivity contribution in [2.24, 2.45) is 11.3 Å². The first-order valence-electron chi connectivity index (χ1n) is 6.90. The predicted molar refractivity (Wildman–Crippen MR) is 74.3 cm³/mol. The van der Waals surface area contributed by atoms with Gasteiger partial charge in [-0.05, 0) is 31.1 Å². The van der Waals surface area contributed by atoms with Crippen molar-refractivity contribution in [2.45, 2.75) is 47.5 Å². The molecule has 1 atom stereocenters. The maximum absolute atomic E-state index is 12.1. The quantitative estimate of drug-likeness (QED) is 0.736. The number of esters is 1. The van der Waals surface area contributed by atoms with E-state index in [1.54, 1.807) is 4.90 Å². The van der Waals surface area contributed by atoms with Gasteiger partial charge in [0.15, 0.2) is 6.61 Å². The molecular formula is C15H25NO3. The Morgan fingerprint density at radius 2 is 2.11 bits per heavy atom. The van der Waals surface area contributed by atoms with Crippen LogP contribution in [0.2, 0.25) is 0 Å². The van der Waals surface area contributed by atoms with Gasteiger partial charge in [-0.3, -0.25) is 9.59 Å². The van der Waals surface area contributed by atoms with Crippen molar-refractivity contribution in [3.63, 3.8) is 0 Å². The van der Waals surface area contributed by atoms with Crippen molar-refractivity contribution in [2.75, 3.05) is 13.2 Å². The molecule has 19 heavy (non-hydrogen) atoms. The molecule has 0 aromatic heterocycles. The molecule has 1 aliphatic carbocycles. The van der Waals surface area contributed by atoms with Gasteiger partial charge in [-0.25, -0.2) is 0 Å². The van der Waals surface area contributed by atoms with Crippen LogP contribution in [0, 0.1) is 11.3 Å². The van der Waals surface area contributed by atoms with E-state index in [0.717, 1.165) is 18.5 Å². The zero-order chi connectivity index (χ0) is 14.6. The van der Waals surface area contributed by atoms with Crippen molar-refractivity contribution in [1.29, 1.82) is 0 Å². The summed E-state index contributed by atoms with van der Waals surface area (Å²) in [5.74, 6) is -0.00449. The van der Waals surface area contributed by atoms with E-state index in [2.05, 4.69) is 26.8 Å². The lowest BCUT2D eigenvalue weighted by Gasteiger charge is -2.36. The molecule has 0 bridgehead atoms. The van der Waals surface area contributed by atoms with Crippen LogP contribution in [0.15, 0.2) is 11.8 Å². The zero-order valence-electron chi connectivity index (χ0n) is 12.7. The summed E-state index contributed by atoms with van der Waals surface area (Å²) in [5, 5.41) is 0. The second kappa shape index (κ2) is 6.22. The number of ether oxygens (including phenoxy) is 1. The highest BCUT2D eigenvalue weighted by molar-refractivity contribution is 5.81. The van der Waals surface area contributed by atoms with E-state index in [4.69, 9.17) is 4.74 Å². The summed E-state index contributed by atoms with van der Waals surface area (Å²) >= 11 is 0. The largest absolute Gasteiger partial charge is 0.456 e. The first kappa shape index (κ1) is 15.7. The number of rotatable bonds is 4. The summed E-state index contributed by atoms with van der Waals surface area (Å²) < 4.78 is 4.80.